The molecule has 0 spiro atoms. The van der Waals surface area contributed by atoms with Crippen LogP contribution in [0, 0.1) is 0 Å². The van der Waals surface area contributed by atoms with Crippen LogP contribution < -0.4 is 15.5 Å². The summed E-state index contributed by atoms with van der Waals surface area (Å²) in [6.45, 7) is 0.862. The average molecular weight is 371 g/mol. The van der Waals surface area contributed by atoms with Gasteiger partial charge in [0.05, 0.1) is 22.9 Å². The Labute approximate surface area is 153 Å². The van der Waals surface area contributed by atoms with E-state index in [9.17, 15) is 13.2 Å². The molecule has 26 heavy (non-hydrogen) atoms. The molecule has 2 aromatic carbocycles. The number of urea groups is 1. The number of hydrogen-bond acceptors (Lipinski definition) is 4. The fourth-order valence-electron chi connectivity index (χ4n) is 3.66. The molecule has 0 saturated carbocycles. The largest absolute Gasteiger partial charge is 0.339 e. The minimum Gasteiger partial charge on any atom is -0.339 e. The van der Waals surface area contributed by atoms with Gasteiger partial charge >= 0.3 is 6.03 Å². The Bertz CT molecular complexity index is 943. The van der Waals surface area contributed by atoms with Crippen LogP contribution in [0.5, 0.6) is 0 Å². The van der Waals surface area contributed by atoms with Crippen LogP contribution in [0.4, 0.5) is 21.9 Å². The third kappa shape index (κ3) is 3.39. The van der Waals surface area contributed by atoms with E-state index >= 15 is 0 Å². The summed E-state index contributed by atoms with van der Waals surface area (Å²) in [4.78, 5) is 14.6. The number of carbonyl (C=O) groups excluding carboxylic acids is 1. The molecule has 2 amide bonds. The van der Waals surface area contributed by atoms with Crippen LogP contribution >= 0.6 is 0 Å². The molecule has 2 aliphatic rings. The number of sulfone groups is 1. The van der Waals surface area contributed by atoms with E-state index in [2.05, 4.69) is 27.7 Å². The Balaban J connectivity index is 1.51. The SMILES string of the molecule is O=C(Nc1ccccc1N1CCc2ccccc21)N[C@H]1CCS(=O)(=O)C1. The normalized spacial score (nSPS) is 20.6. The number of anilines is 3. The first-order valence-corrected chi connectivity index (χ1v) is 10.6. The topological polar surface area (TPSA) is 78.5 Å². The number of nitrogens with zero attached hydrogens (tertiary/aromatic N) is 1. The van der Waals surface area contributed by atoms with E-state index in [4.69, 9.17) is 0 Å². The van der Waals surface area contributed by atoms with E-state index in [1.807, 2.05) is 36.4 Å². The smallest absolute Gasteiger partial charge is 0.319 e. The lowest BCUT2D eigenvalue weighted by molar-refractivity contribution is 0.249. The Hall–Kier alpha value is -2.54. The molecule has 0 aliphatic carbocycles. The number of rotatable bonds is 3. The number of hydrogen-bond donors (Lipinski definition) is 2. The monoisotopic (exact) mass is 371 g/mol. The summed E-state index contributed by atoms with van der Waals surface area (Å²) in [5.41, 5.74) is 4.10. The van der Waals surface area contributed by atoms with Gasteiger partial charge in [-0.3, -0.25) is 0 Å². The number of amides is 2. The van der Waals surface area contributed by atoms with Crippen molar-refractivity contribution in [3.05, 3.63) is 54.1 Å². The highest BCUT2D eigenvalue weighted by molar-refractivity contribution is 7.91. The zero-order valence-corrected chi connectivity index (χ0v) is 15.1. The maximum absolute atomic E-state index is 12.4. The maximum Gasteiger partial charge on any atom is 0.319 e. The van der Waals surface area contributed by atoms with Crippen molar-refractivity contribution in [3.8, 4) is 0 Å². The quantitative estimate of drug-likeness (QED) is 0.870. The van der Waals surface area contributed by atoms with Crippen LogP contribution in [0.1, 0.15) is 12.0 Å². The second-order valence-corrected chi connectivity index (χ2v) is 8.97. The molecule has 4 rings (SSSR count). The van der Waals surface area contributed by atoms with E-state index < -0.39 is 9.84 Å². The molecule has 0 bridgehead atoms. The molecule has 2 N–H and O–H groups in total. The summed E-state index contributed by atoms with van der Waals surface area (Å²) < 4.78 is 23.1. The molecular formula is C19H21N3O3S. The van der Waals surface area contributed by atoms with Crippen LogP contribution in [-0.2, 0) is 16.3 Å². The molecule has 2 aliphatic heterocycles. The van der Waals surface area contributed by atoms with Crippen molar-refractivity contribution in [2.24, 2.45) is 0 Å². The standard InChI is InChI=1S/C19H21N3O3S/c23-19(20-15-10-12-26(24,25)13-15)21-16-6-2-4-8-18(16)22-11-9-14-5-1-3-7-17(14)22/h1-8,15H,9-13H2,(H2,20,21,23)/t15-/m0/s1. The van der Waals surface area contributed by atoms with Gasteiger partial charge in [0.1, 0.15) is 0 Å². The predicted molar refractivity (Wildman–Crippen MR) is 103 cm³/mol. The third-order valence-electron chi connectivity index (χ3n) is 4.90. The zero-order valence-electron chi connectivity index (χ0n) is 14.3. The summed E-state index contributed by atoms with van der Waals surface area (Å²) in [7, 11) is -3.02. The molecule has 0 aromatic heterocycles. The van der Waals surface area contributed by atoms with Gasteiger partial charge in [0.25, 0.3) is 0 Å². The van der Waals surface area contributed by atoms with Gasteiger partial charge in [-0.2, -0.15) is 0 Å². The number of nitrogens with one attached hydrogen (secondary N) is 2. The van der Waals surface area contributed by atoms with Crippen molar-refractivity contribution < 1.29 is 13.2 Å². The second-order valence-electron chi connectivity index (χ2n) is 6.75. The van der Waals surface area contributed by atoms with Gasteiger partial charge < -0.3 is 15.5 Å². The van der Waals surface area contributed by atoms with Crippen molar-refractivity contribution >= 4 is 32.9 Å². The third-order valence-corrected chi connectivity index (χ3v) is 6.67. The summed E-state index contributed by atoms with van der Waals surface area (Å²) in [5, 5.41) is 5.66. The minimum absolute atomic E-state index is 0.0154. The second kappa shape index (κ2) is 6.64. The fourth-order valence-corrected chi connectivity index (χ4v) is 5.33. The fraction of sp³-hybridized carbons (Fsp3) is 0.316. The van der Waals surface area contributed by atoms with Gasteiger partial charge in [-0.15, -0.1) is 0 Å². The van der Waals surface area contributed by atoms with E-state index in [0.29, 0.717) is 12.1 Å². The Kier molecular flexibility index (Phi) is 4.32. The summed E-state index contributed by atoms with van der Waals surface area (Å²) in [6, 6.07) is 15.2. The van der Waals surface area contributed by atoms with Crippen molar-refractivity contribution in [2.75, 3.05) is 28.3 Å². The van der Waals surface area contributed by atoms with Gasteiger partial charge in [0, 0.05) is 18.3 Å². The number of benzene rings is 2. The first-order valence-electron chi connectivity index (χ1n) is 8.74. The van der Waals surface area contributed by atoms with Gasteiger partial charge in [0.15, 0.2) is 9.84 Å². The van der Waals surface area contributed by atoms with Crippen molar-refractivity contribution in [2.45, 2.75) is 18.9 Å². The van der Waals surface area contributed by atoms with E-state index in [0.717, 1.165) is 24.3 Å². The number of fused-ring (bicyclic) bond motifs is 1. The molecule has 1 atom stereocenters. The maximum atomic E-state index is 12.4. The first kappa shape index (κ1) is 16.9. The van der Waals surface area contributed by atoms with Crippen LogP contribution in [0.25, 0.3) is 0 Å². The van der Waals surface area contributed by atoms with Gasteiger partial charge in [-0.1, -0.05) is 30.3 Å². The molecule has 0 radical (unpaired) electrons. The molecule has 7 heteroatoms. The molecular weight excluding hydrogens is 350 g/mol. The summed E-state index contributed by atoms with van der Waals surface area (Å²) in [5.74, 6) is 0.153. The number of carbonyl (C=O) groups is 1. The predicted octanol–water partition coefficient (Wildman–Crippen LogP) is 2.69. The molecule has 136 valence electrons. The Morgan fingerprint density at radius 3 is 2.54 bits per heavy atom. The lowest BCUT2D eigenvalue weighted by Gasteiger charge is -2.23. The molecule has 1 saturated heterocycles. The highest BCUT2D eigenvalue weighted by atomic mass is 32.2. The molecule has 6 nitrogen and oxygen atoms in total. The molecule has 2 aromatic rings. The summed E-state index contributed by atoms with van der Waals surface area (Å²) in [6.07, 6.45) is 1.44. The van der Waals surface area contributed by atoms with Crippen LogP contribution in [0.15, 0.2) is 48.5 Å². The van der Waals surface area contributed by atoms with E-state index in [1.165, 1.54) is 5.56 Å². The number of para-hydroxylation sites is 3. The lowest BCUT2D eigenvalue weighted by atomic mass is 10.2. The highest BCUT2D eigenvalue weighted by Crippen LogP contribution is 2.38. The summed E-state index contributed by atoms with van der Waals surface area (Å²) >= 11 is 0. The van der Waals surface area contributed by atoms with Crippen LogP contribution in [-0.4, -0.2) is 38.5 Å². The average Bonchev–Trinajstić information content (AvgIpc) is 3.18. The Morgan fingerprint density at radius 2 is 1.77 bits per heavy atom. The van der Waals surface area contributed by atoms with Crippen molar-refractivity contribution in [1.82, 2.24) is 5.32 Å². The van der Waals surface area contributed by atoms with Crippen LogP contribution in [0.3, 0.4) is 0 Å². The van der Waals surface area contributed by atoms with Gasteiger partial charge in [-0.25, -0.2) is 13.2 Å². The Morgan fingerprint density at radius 1 is 1.04 bits per heavy atom. The minimum atomic E-state index is -3.02. The van der Waals surface area contributed by atoms with Crippen LogP contribution in [0.2, 0.25) is 0 Å². The first-order chi connectivity index (χ1) is 12.5. The van der Waals surface area contributed by atoms with E-state index in [1.54, 1.807) is 0 Å². The van der Waals surface area contributed by atoms with Gasteiger partial charge in [0.2, 0.25) is 0 Å². The lowest BCUT2D eigenvalue weighted by Crippen LogP contribution is -2.38. The zero-order chi connectivity index (χ0) is 18.1. The molecule has 1 fully saturated rings. The van der Waals surface area contributed by atoms with E-state index in [-0.39, 0.29) is 23.6 Å². The van der Waals surface area contributed by atoms with Crippen molar-refractivity contribution in [3.63, 3.8) is 0 Å². The van der Waals surface area contributed by atoms with Crippen molar-refractivity contribution in [1.29, 1.82) is 0 Å². The molecule has 2 heterocycles. The molecule has 0 unspecified atom stereocenters. The highest BCUT2D eigenvalue weighted by Gasteiger charge is 2.29. The van der Waals surface area contributed by atoms with Gasteiger partial charge in [-0.05, 0) is 36.6 Å².